The van der Waals surface area contributed by atoms with E-state index in [-0.39, 0.29) is 35.3 Å². The van der Waals surface area contributed by atoms with E-state index in [1.165, 1.54) is 6.42 Å². The predicted octanol–water partition coefficient (Wildman–Crippen LogP) is 3.03. The van der Waals surface area contributed by atoms with E-state index >= 15 is 0 Å². The van der Waals surface area contributed by atoms with E-state index in [2.05, 4.69) is 19.2 Å². The van der Waals surface area contributed by atoms with Crippen LogP contribution in [-0.2, 0) is 14.9 Å². The summed E-state index contributed by atoms with van der Waals surface area (Å²) in [6, 6.07) is 0.279. The van der Waals surface area contributed by atoms with Crippen molar-refractivity contribution in [1.82, 2.24) is 5.32 Å². The number of hydrogen-bond acceptors (Lipinski definition) is 6. The molecule has 7 nitrogen and oxygen atoms in total. The molecule has 1 amide bonds. The lowest BCUT2D eigenvalue weighted by Gasteiger charge is -2.62. The Morgan fingerprint density at radius 1 is 1.12 bits per heavy atom. The Kier molecular flexibility index (Phi) is 7.73. The van der Waals surface area contributed by atoms with Gasteiger partial charge in [0.25, 0.3) is 10.1 Å². The standard InChI is InChI=1S/C25H44N2O5S2/c1-24-9-7-16(26)13-15(24)14-20(28)23-18-4-3-17(25(18,2)10-8-19(23)24)21(33)5-6-22(29)27-11-12-34(30,31)32/h15-21,23,28,33H,3-14,26H2,1-2H3,(H,27,29)(H,30,31,32)/t15?,16-,17?,18?,19?,20?,21-,23?,24?,25?/m1/s1. The Labute approximate surface area is 210 Å². The zero-order valence-electron chi connectivity index (χ0n) is 20.7. The summed E-state index contributed by atoms with van der Waals surface area (Å²) in [5.41, 5.74) is 6.73. The number of carbonyl (C=O) groups excluding carboxylic acids is 1. The van der Waals surface area contributed by atoms with Gasteiger partial charge in [-0.2, -0.15) is 21.0 Å². The van der Waals surface area contributed by atoms with E-state index in [9.17, 15) is 18.3 Å². The first-order valence-electron chi connectivity index (χ1n) is 13.2. The van der Waals surface area contributed by atoms with Gasteiger partial charge in [-0.1, -0.05) is 13.8 Å². The minimum absolute atomic E-state index is 0.0796. The first-order chi connectivity index (χ1) is 15.8. The number of thiol groups is 1. The van der Waals surface area contributed by atoms with Gasteiger partial charge in [0.1, 0.15) is 0 Å². The van der Waals surface area contributed by atoms with E-state index in [1.54, 1.807) is 0 Å². The monoisotopic (exact) mass is 516 g/mol. The van der Waals surface area contributed by atoms with E-state index in [0.717, 1.165) is 44.9 Å². The van der Waals surface area contributed by atoms with Gasteiger partial charge in [0.2, 0.25) is 5.91 Å². The summed E-state index contributed by atoms with van der Waals surface area (Å²) in [5.74, 6) is 1.68. The van der Waals surface area contributed by atoms with Crippen LogP contribution in [0, 0.1) is 40.4 Å². The number of nitrogens with one attached hydrogen (secondary N) is 1. The van der Waals surface area contributed by atoms with Crippen LogP contribution in [0.1, 0.15) is 78.1 Å². The van der Waals surface area contributed by atoms with Gasteiger partial charge in [0.05, 0.1) is 11.9 Å². The summed E-state index contributed by atoms with van der Waals surface area (Å²) in [7, 11) is -4.07. The first-order valence-corrected chi connectivity index (χ1v) is 15.3. The highest BCUT2D eigenvalue weighted by atomic mass is 32.2. The number of fused-ring (bicyclic) bond motifs is 5. The van der Waals surface area contributed by atoms with Crippen LogP contribution in [-0.4, -0.2) is 53.7 Å². The molecule has 0 radical (unpaired) electrons. The highest BCUT2D eigenvalue weighted by Gasteiger charge is 2.62. The molecule has 4 saturated carbocycles. The average molecular weight is 517 g/mol. The second-order valence-electron chi connectivity index (χ2n) is 12.3. The lowest BCUT2D eigenvalue weighted by Crippen LogP contribution is -2.59. The maximum Gasteiger partial charge on any atom is 0.266 e. The molecule has 34 heavy (non-hydrogen) atoms. The third-order valence-corrected chi connectivity index (χ3v) is 11.9. The van der Waals surface area contributed by atoms with Gasteiger partial charge in [0, 0.05) is 24.3 Å². The molecule has 4 aliphatic carbocycles. The minimum Gasteiger partial charge on any atom is -0.393 e. The Bertz CT molecular complexity index is 869. The van der Waals surface area contributed by atoms with Crippen molar-refractivity contribution in [3.8, 4) is 0 Å². The van der Waals surface area contributed by atoms with Crippen LogP contribution in [0.25, 0.3) is 0 Å². The summed E-state index contributed by atoms with van der Waals surface area (Å²) >= 11 is 4.96. The SMILES string of the molecule is CC12CC[C@@H](N)CC1CC(O)C1C2CCC2(C)C1CCC2[C@H](S)CCC(=O)NCCS(=O)(=O)O. The fourth-order valence-electron chi connectivity index (χ4n) is 8.82. The smallest absolute Gasteiger partial charge is 0.266 e. The molecule has 5 N–H and O–H groups in total. The molecule has 4 fully saturated rings. The molecule has 0 aromatic carbocycles. The fraction of sp³-hybridized carbons (Fsp3) is 0.960. The van der Waals surface area contributed by atoms with Crippen LogP contribution in [0.4, 0.5) is 0 Å². The zero-order valence-corrected chi connectivity index (χ0v) is 22.4. The van der Waals surface area contributed by atoms with Crippen molar-refractivity contribution < 1.29 is 22.9 Å². The second-order valence-corrected chi connectivity index (χ2v) is 14.5. The number of hydrogen-bond donors (Lipinski definition) is 5. The molecule has 196 valence electrons. The van der Waals surface area contributed by atoms with Gasteiger partial charge in [0.15, 0.2) is 0 Å². The van der Waals surface area contributed by atoms with Gasteiger partial charge < -0.3 is 16.2 Å². The molecule has 0 aromatic rings. The molecule has 0 aromatic heterocycles. The Hall–Kier alpha value is -0.350. The molecular formula is C25H44N2O5S2. The predicted molar refractivity (Wildman–Crippen MR) is 136 cm³/mol. The first kappa shape index (κ1) is 26.7. The van der Waals surface area contributed by atoms with Gasteiger partial charge in [-0.15, -0.1) is 0 Å². The van der Waals surface area contributed by atoms with Gasteiger partial charge >= 0.3 is 0 Å². The number of aliphatic hydroxyl groups excluding tert-OH is 1. The lowest BCUT2D eigenvalue weighted by molar-refractivity contribution is -0.164. The molecule has 0 bridgehead atoms. The van der Waals surface area contributed by atoms with E-state index in [1.807, 2.05) is 0 Å². The van der Waals surface area contributed by atoms with Crippen molar-refractivity contribution in [2.24, 2.45) is 46.2 Å². The number of nitrogens with two attached hydrogens (primary N) is 1. The average Bonchev–Trinajstić information content (AvgIpc) is 3.09. The fourth-order valence-corrected chi connectivity index (χ4v) is 9.80. The molecule has 0 heterocycles. The van der Waals surface area contributed by atoms with Crippen molar-refractivity contribution >= 4 is 28.7 Å². The van der Waals surface area contributed by atoms with Crippen LogP contribution in [0.3, 0.4) is 0 Å². The normalized spacial score (nSPS) is 45.1. The number of amides is 1. The maximum atomic E-state index is 12.2. The number of aliphatic hydroxyl groups is 1. The Balaban J connectivity index is 1.39. The third-order valence-electron chi connectivity index (χ3n) is 10.6. The molecule has 8 unspecified atom stereocenters. The summed E-state index contributed by atoms with van der Waals surface area (Å²) in [6.45, 7) is 4.80. The Morgan fingerprint density at radius 3 is 2.50 bits per heavy atom. The van der Waals surface area contributed by atoms with Gasteiger partial charge in [-0.05, 0) is 98.2 Å². The molecule has 10 atom stereocenters. The molecule has 4 rings (SSSR count). The third kappa shape index (κ3) is 5.06. The number of rotatable bonds is 7. The van der Waals surface area contributed by atoms with Crippen LogP contribution in [0.2, 0.25) is 0 Å². The maximum absolute atomic E-state index is 12.2. The molecule has 0 saturated heterocycles. The topological polar surface area (TPSA) is 130 Å². The van der Waals surface area contributed by atoms with E-state index in [0.29, 0.717) is 47.8 Å². The quantitative estimate of drug-likeness (QED) is 0.261. The van der Waals surface area contributed by atoms with Crippen molar-refractivity contribution in [3.05, 3.63) is 0 Å². The summed E-state index contributed by atoms with van der Waals surface area (Å²) < 4.78 is 30.5. The summed E-state index contributed by atoms with van der Waals surface area (Å²) in [5, 5.41) is 14.0. The zero-order chi connectivity index (χ0) is 24.9. The van der Waals surface area contributed by atoms with Crippen molar-refractivity contribution in [2.45, 2.75) is 95.5 Å². The van der Waals surface area contributed by atoms with Crippen LogP contribution < -0.4 is 11.1 Å². The molecular weight excluding hydrogens is 472 g/mol. The molecule has 9 heteroatoms. The second kappa shape index (κ2) is 9.84. The lowest BCUT2D eigenvalue weighted by atomic mass is 9.44. The van der Waals surface area contributed by atoms with Crippen LogP contribution in [0.5, 0.6) is 0 Å². The van der Waals surface area contributed by atoms with Gasteiger partial charge in [-0.25, -0.2) is 0 Å². The van der Waals surface area contributed by atoms with Crippen molar-refractivity contribution in [2.75, 3.05) is 12.3 Å². The molecule has 0 spiro atoms. The van der Waals surface area contributed by atoms with Crippen LogP contribution in [0.15, 0.2) is 0 Å². The Morgan fingerprint density at radius 2 is 1.79 bits per heavy atom. The highest BCUT2D eigenvalue weighted by molar-refractivity contribution is 7.85. The largest absolute Gasteiger partial charge is 0.393 e. The molecule has 4 aliphatic rings. The summed E-state index contributed by atoms with van der Waals surface area (Å²) in [4.78, 5) is 12.2. The van der Waals surface area contributed by atoms with E-state index in [4.69, 9.17) is 22.9 Å². The van der Waals surface area contributed by atoms with Crippen LogP contribution >= 0.6 is 12.6 Å². The van der Waals surface area contributed by atoms with Gasteiger partial charge in [-0.3, -0.25) is 9.35 Å². The number of carbonyl (C=O) groups is 1. The van der Waals surface area contributed by atoms with E-state index < -0.39 is 15.9 Å². The summed E-state index contributed by atoms with van der Waals surface area (Å²) in [6.07, 6.45) is 9.42. The molecule has 0 aliphatic heterocycles. The van der Waals surface area contributed by atoms with Crippen molar-refractivity contribution in [3.63, 3.8) is 0 Å². The van der Waals surface area contributed by atoms with Crippen molar-refractivity contribution in [1.29, 1.82) is 0 Å². The highest BCUT2D eigenvalue weighted by Crippen LogP contribution is 2.68. The minimum atomic E-state index is -4.07.